The van der Waals surface area contributed by atoms with Gasteiger partial charge in [-0.3, -0.25) is 4.68 Å². The van der Waals surface area contributed by atoms with Gasteiger partial charge in [0.25, 0.3) is 0 Å². The molecule has 2 aromatic rings. The van der Waals surface area contributed by atoms with E-state index in [0.717, 1.165) is 25.2 Å². The van der Waals surface area contributed by atoms with Crippen molar-refractivity contribution in [1.82, 2.24) is 15.1 Å². The van der Waals surface area contributed by atoms with Crippen LogP contribution in [0.4, 0.5) is 0 Å². The first-order valence-corrected chi connectivity index (χ1v) is 6.18. The van der Waals surface area contributed by atoms with Crippen LogP contribution in [0.1, 0.15) is 5.56 Å². The molecule has 0 spiro atoms. The van der Waals surface area contributed by atoms with Crippen molar-refractivity contribution in [3.05, 3.63) is 47.2 Å². The third kappa shape index (κ3) is 3.48. The van der Waals surface area contributed by atoms with Gasteiger partial charge in [0, 0.05) is 25.5 Å². The summed E-state index contributed by atoms with van der Waals surface area (Å²) in [6, 6.07) is 7.73. The van der Waals surface area contributed by atoms with Crippen molar-refractivity contribution >= 4 is 11.6 Å². The van der Waals surface area contributed by atoms with Crippen LogP contribution < -0.4 is 10.1 Å². The summed E-state index contributed by atoms with van der Waals surface area (Å²) in [6.07, 6.45) is 3.73. The average molecular weight is 266 g/mol. The van der Waals surface area contributed by atoms with Crippen LogP contribution in [0.15, 0.2) is 36.7 Å². The standard InChI is InChI=1S/C13H16ClN3O/c1-18-13-4-3-11(9-12(13)14)10-15-6-8-17-7-2-5-16-17/h2-5,7,9,15H,6,8,10H2,1H3. The topological polar surface area (TPSA) is 39.1 Å². The maximum atomic E-state index is 6.06. The van der Waals surface area contributed by atoms with Gasteiger partial charge in [-0.15, -0.1) is 0 Å². The van der Waals surface area contributed by atoms with Crippen molar-refractivity contribution in [2.75, 3.05) is 13.7 Å². The molecule has 0 saturated heterocycles. The van der Waals surface area contributed by atoms with Crippen LogP contribution in [0.3, 0.4) is 0 Å². The van der Waals surface area contributed by atoms with Gasteiger partial charge in [-0.25, -0.2) is 0 Å². The number of hydrogen-bond donors (Lipinski definition) is 1. The molecule has 1 aromatic carbocycles. The predicted molar refractivity (Wildman–Crippen MR) is 71.9 cm³/mol. The maximum Gasteiger partial charge on any atom is 0.137 e. The molecule has 0 radical (unpaired) electrons. The minimum Gasteiger partial charge on any atom is -0.495 e. The molecule has 0 amide bonds. The molecule has 0 aliphatic heterocycles. The first-order valence-electron chi connectivity index (χ1n) is 5.80. The highest BCUT2D eigenvalue weighted by Gasteiger charge is 2.01. The number of rotatable bonds is 6. The minimum absolute atomic E-state index is 0.642. The molecule has 1 heterocycles. The predicted octanol–water partition coefficient (Wildman–Crippen LogP) is 2.33. The third-order valence-electron chi connectivity index (χ3n) is 2.62. The van der Waals surface area contributed by atoms with Crippen LogP contribution >= 0.6 is 11.6 Å². The van der Waals surface area contributed by atoms with Gasteiger partial charge in [0.05, 0.1) is 18.7 Å². The fraction of sp³-hybridized carbons (Fsp3) is 0.308. The Morgan fingerprint density at radius 3 is 3.00 bits per heavy atom. The lowest BCUT2D eigenvalue weighted by molar-refractivity contribution is 0.415. The number of halogens is 1. The van der Waals surface area contributed by atoms with Crippen LogP contribution in [0, 0.1) is 0 Å². The van der Waals surface area contributed by atoms with Crippen molar-refractivity contribution in [2.45, 2.75) is 13.1 Å². The molecule has 0 saturated carbocycles. The Kier molecular flexibility index (Phi) is 4.61. The Balaban J connectivity index is 1.78. The minimum atomic E-state index is 0.642. The molecular weight excluding hydrogens is 250 g/mol. The van der Waals surface area contributed by atoms with E-state index in [1.165, 1.54) is 0 Å². The van der Waals surface area contributed by atoms with E-state index >= 15 is 0 Å². The number of nitrogens with one attached hydrogen (secondary N) is 1. The maximum absolute atomic E-state index is 6.06. The summed E-state index contributed by atoms with van der Waals surface area (Å²) >= 11 is 6.06. The van der Waals surface area contributed by atoms with Crippen molar-refractivity contribution in [3.63, 3.8) is 0 Å². The Morgan fingerprint density at radius 2 is 2.33 bits per heavy atom. The molecule has 0 atom stereocenters. The number of methoxy groups -OCH3 is 1. The number of aromatic nitrogens is 2. The zero-order valence-electron chi connectivity index (χ0n) is 10.3. The van der Waals surface area contributed by atoms with E-state index < -0.39 is 0 Å². The fourth-order valence-corrected chi connectivity index (χ4v) is 1.96. The van der Waals surface area contributed by atoms with Gasteiger partial charge >= 0.3 is 0 Å². The van der Waals surface area contributed by atoms with E-state index in [2.05, 4.69) is 10.4 Å². The summed E-state index contributed by atoms with van der Waals surface area (Å²) in [5.74, 6) is 0.706. The van der Waals surface area contributed by atoms with Crippen LogP contribution in [0.25, 0.3) is 0 Å². The van der Waals surface area contributed by atoms with Gasteiger partial charge in [0.1, 0.15) is 5.75 Å². The second kappa shape index (κ2) is 6.42. The lowest BCUT2D eigenvalue weighted by atomic mass is 10.2. The molecular formula is C13H16ClN3O. The Hall–Kier alpha value is -1.52. The summed E-state index contributed by atoms with van der Waals surface area (Å²) in [5, 5.41) is 8.12. The Morgan fingerprint density at radius 1 is 1.44 bits per heavy atom. The van der Waals surface area contributed by atoms with E-state index in [1.54, 1.807) is 13.3 Å². The molecule has 2 rings (SSSR count). The van der Waals surface area contributed by atoms with Crippen molar-refractivity contribution in [1.29, 1.82) is 0 Å². The fourth-order valence-electron chi connectivity index (χ4n) is 1.68. The number of hydrogen-bond acceptors (Lipinski definition) is 3. The molecule has 18 heavy (non-hydrogen) atoms. The first-order chi connectivity index (χ1) is 8.79. The smallest absolute Gasteiger partial charge is 0.137 e. The monoisotopic (exact) mass is 265 g/mol. The zero-order valence-corrected chi connectivity index (χ0v) is 11.0. The van der Waals surface area contributed by atoms with Crippen LogP contribution in [-0.4, -0.2) is 23.4 Å². The molecule has 1 N–H and O–H groups in total. The first kappa shape index (κ1) is 12.9. The SMILES string of the molecule is COc1ccc(CNCCn2cccn2)cc1Cl. The van der Waals surface area contributed by atoms with E-state index in [9.17, 15) is 0 Å². The molecule has 1 aromatic heterocycles. The van der Waals surface area contributed by atoms with E-state index in [-0.39, 0.29) is 0 Å². The van der Waals surface area contributed by atoms with Gasteiger partial charge < -0.3 is 10.1 Å². The lowest BCUT2D eigenvalue weighted by Crippen LogP contribution is -2.19. The molecule has 0 aliphatic carbocycles. The van der Waals surface area contributed by atoms with E-state index in [1.807, 2.05) is 35.1 Å². The molecule has 0 fully saturated rings. The molecule has 0 unspecified atom stereocenters. The largest absolute Gasteiger partial charge is 0.495 e. The van der Waals surface area contributed by atoms with Gasteiger partial charge in [-0.05, 0) is 23.8 Å². The van der Waals surface area contributed by atoms with Gasteiger partial charge in [0.15, 0.2) is 0 Å². The summed E-state index contributed by atoms with van der Waals surface area (Å²) in [5.41, 5.74) is 1.14. The third-order valence-corrected chi connectivity index (χ3v) is 2.92. The quantitative estimate of drug-likeness (QED) is 0.815. The van der Waals surface area contributed by atoms with Crippen LogP contribution in [-0.2, 0) is 13.1 Å². The molecule has 5 heteroatoms. The van der Waals surface area contributed by atoms with E-state index in [0.29, 0.717) is 10.8 Å². The van der Waals surface area contributed by atoms with Crippen LogP contribution in [0.2, 0.25) is 5.02 Å². The molecule has 0 bridgehead atoms. The highest BCUT2D eigenvalue weighted by molar-refractivity contribution is 6.32. The zero-order chi connectivity index (χ0) is 12.8. The Bertz CT molecular complexity index is 485. The second-order valence-corrected chi connectivity index (χ2v) is 4.32. The average Bonchev–Trinajstić information content (AvgIpc) is 2.88. The number of ether oxygens (including phenoxy) is 1. The lowest BCUT2D eigenvalue weighted by Gasteiger charge is -2.07. The number of nitrogens with zero attached hydrogens (tertiary/aromatic N) is 2. The van der Waals surface area contributed by atoms with Gasteiger partial charge in [-0.1, -0.05) is 17.7 Å². The highest BCUT2D eigenvalue weighted by atomic mass is 35.5. The van der Waals surface area contributed by atoms with Crippen molar-refractivity contribution in [3.8, 4) is 5.75 Å². The van der Waals surface area contributed by atoms with Gasteiger partial charge in [0.2, 0.25) is 0 Å². The normalized spacial score (nSPS) is 10.6. The summed E-state index contributed by atoms with van der Waals surface area (Å²) in [7, 11) is 1.61. The number of benzene rings is 1. The Labute approximate surface area is 112 Å². The molecule has 96 valence electrons. The van der Waals surface area contributed by atoms with Gasteiger partial charge in [-0.2, -0.15) is 5.10 Å². The van der Waals surface area contributed by atoms with Crippen molar-refractivity contribution < 1.29 is 4.74 Å². The molecule has 0 aliphatic rings. The molecule has 4 nitrogen and oxygen atoms in total. The second-order valence-electron chi connectivity index (χ2n) is 3.91. The van der Waals surface area contributed by atoms with Crippen molar-refractivity contribution in [2.24, 2.45) is 0 Å². The summed E-state index contributed by atoms with van der Waals surface area (Å²) in [6.45, 7) is 2.51. The van der Waals surface area contributed by atoms with Crippen LogP contribution in [0.5, 0.6) is 5.75 Å². The van der Waals surface area contributed by atoms with E-state index in [4.69, 9.17) is 16.3 Å². The summed E-state index contributed by atoms with van der Waals surface area (Å²) in [4.78, 5) is 0. The highest BCUT2D eigenvalue weighted by Crippen LogP contribution is 2.24. The summed E-state index contributed by atoms with van der Waals surface area (Å²) < 4.78 is 7.01.